The van der Waals surface area contributed by atoms with E-state index in [-0.39, 0.29) is 5.69 Å². The first kappa shape index (κ1) is 24.5. The fourth-order valence-electron chi connectivity index (χ4n) is 2.79. The molecule has 0 saturated carbocycles. The molecule has 34 heavy (non-hydrogen) atoms. The summed E-state index contributed by atoms with van der Waals surface area (Å²) >= 11 is 0. The standard InChI is InChI=1S/C18H13N5O9S2/c1-9-2-5-15(34(30,31)32)12(6-9)20-21-16-13(8-19)22-23(17(16)24)14-7-10(33(27,28)29)3-4-11(14)18(25)26/h2-7,24H,1H3,(H,25,26)(H,27,28,29)(H,30,31,32)/b21-20+. The van der Waals surface area contributed by atoms with Crippen LogP contribution in [-0.2, 0) is 20.2 Å². The fraction of sp³-hybridized carbons (Fsp3) is 0.0556. The highest BCUT2D eigenvalue weighted by Crippen LogP contribution is 2.36. The van der Waals surface area contributed by atoms with Gasteiger partial charge in [-0.2, -0.15) is 31.9 Å². The number of nitriles is 1. The maximum absolute atomic E-state index is 11.6. The zero-order valence-corrected chi connectivity index (χ0v) is 18.5. The van der Waals surface area contributed by atoms with Gasteiger partial charge in [-0.15, -0.1) is 10.2 Å². The summed E-state index contributed by atoms with van der Waals surface area (Å²) in [7, 11) is -9.47. The largest absolute Gasteiger partial charge is 0.492 e. The monoisotopic (exact) mass is 507 g/mol. The lowest BCUT2D eigenvalue weighted by Gasteiger charge is -2.09. The molecule has 0 aliphatic heterocycles. The van der Waals surface area contributed by atoms with Crippen molar-refractivity contribution in [2.45, 2.75) is 16.7 Å². The van der Waals surface area contributed by atoms with Crippen LogP contribution < -0.4 is 0 Å². The molecular weight excluding hydrogens is 494 g/mol. The second-order valence-corrected chi connectivity index (χ2v) is 9.46. The van der Waals surface area contributed by atoms with Crippen LogP contribution in [0.2, 0.25) is 0 Å². The number of rotatable bonds is 6. The van der Waals surface area contributed by atoms with E-state index in [1.807, 2.05) is 0 Å². The number of benzene rings is 2. The molecule has 176 valence electrons. The normalized spacial score (nSPS) is 12.1. The van der Waals surface area contributed by atoms with E-state index in [1.165, 1.54) is 12.1 Å². The average molecular weight is 507 g/mol. The summed E-state index contributed by atoms with van der Waals surface area (Å²) in [5, 5.41) is 40.4. The molecule has 0 aliphatic carbocycles. The van der Waals surface area contributed by atoms with Crippen molar-refractivity contribution in [3.8, 4) is 17.6 Å². The average Bonchev–Trinajstić information content (AvgIpc) is 3.05. The van der Waals surface area contributed by atoms with Gasteiger partial charge in [0.15, 0.2) is 11.4 Å². The molecule has 16 heteroatoms. The molecule has 1 aromatic heterocycles. The number of carbonyl (C=O) groups is 1. The number of aryl methyl sites for hydroxylation is 1. The molecule has 0 saturated heterocycles. The molecular formula is C18H13N5O9S2. The van der Waals surface area contributed by atoms with Gasteiger partial charge in [-0.3, -0.25) is 9.11 Å². The second-order valence-electron chi connectivity index (χ2n) is 6.65. The van der Waals surface area contributed by atoms with E-state index >= 15 is 0 Å². The summed E-state index contributed by atoms with van der Waals surface area (Å²) in [6.45, 7) is 1.60. The highest BCUT2D eigenvalue weighted by Gasteiger charge is 2.25. The van der Waals surface area contributed by atoms with Crippen molar-refractivity contribution in [1.29, 1.82) is 5.26 Å². The van der Waals surface area contributed by atoms with E-state index in [1.54, 1.807) is 13.0 Å². The number of aromatic hydroxyl groups is 1. The van der Waals surface area contributed by atoms with Gasteiger partial charge in [-0.25, -0.2) is 4.79 Å². The molecule has 0 radical (unpaired) electrons. The zero-order chi connectivity index (χ0) is 25.4. The van der Waals surface area contributed by atoms with Crippen LogP contribution in [0.1, 0.15) is 21.6 Å². The Morgan fingerprint density at radius 3 is 2.29 bits per heavy atom. The Hall–Kier alpha value is -4.17. The van der Waals surface area contributed by atoms with Gasteiger partial charge in [0, 0.05) is 0 Å². The number of hydrogen-bond acceptors (Lipinski definition) is 10. The molecule has 3 aromatic rings. The smallest absolute Gasteiger partial charge is 0.337 e. The molecule has 1 heterocycles. The topological polar surface area (TPSA) is 233 Å². The first-order chi connectivity index (χ1) is 15.7. The molecule has 4 N–H and O–H groups in total. The number of carboxylic acids is 1. The lowest BCUT2D eigenvalue weighted by molar-refractivity contribution is 0.0696. The van der Waals surface area contributed by atoms with Gasteiger partial charge in [0.05, 0.1) is 16.1 Å². The number of aromatic carboxylic acids is 1. The molecule has 0 amide bonds. The van der Waals surface area contributed by atoms with Crippen molar-refractivity contribution in [2.24, 2.45) is 10.2 Å². The Morgan fingerprint density at radius 2 is 1.74 bits per heavy atom. The van der Waals surface area contributed by atoms with E-state index in [2.05, 4.69) is 15.3 Å². The van der Waals surface area contributed by atoms with Gasteiger partial charge in [0.2, 0.25) is 5.88 Å². The van der Waals surface area contributed by atoms with Crippen molar-refractivity contribution < 1.29 is 40.9 Å². The number of carboxylic acid groups (broad SMARTS) is 1. The molecule has 0 aliphatic rings. The van der Waals surface area contributed by atoms with Crippen molar-refractivity contribution in [3.63, 3.8) is 0 Å². The summed E-state index contributed by atoms with van der Waals surface area (Å²) in [4.78, 5) is 10.2. The predicted molar refractivity (Wildman–Crippen MR) is 112 cm³/mol. The van der Waals surface area contributed by atoms with Crippen molar-refractivity contribution >= 4 is 37.6 Å². The second kappa shape index (κ2) is 8.64. The van der Waals surface area contributed by atoms with Crippen molar-refractivity contribution in [3.05, 3.63) is 53.2 Å². The Labute approximate surface area is 191 Å². The van der Waals surface area contributed by atoms with Crippen LogP contribution in [0.4, 0.5) is 11.4 Å². The van der Waals surface area contributed by atoms with E-state index in [0.29, 0.717) is 16.3 Å². The van der Waals surface area contributed by atoms with Crippen molar-refractivity contribution in [1.82, 2.24) is 9.78 Å². The number of hydrogen-bond donors (Lipinski definition) is 4. The molecule has 0 bridgehead atoms. The van der Waals surface area contributed by atoms with Gasteiger partial charge >= 0.3 is 5.97 Å². The van der Waals surface area contributed by atoms with Gasteiger partial charge in [-0.1, -0.05) is 6.07 Å². The molecule has 0 unspecified atom stereocenters. The summed E-state index contributed by atoms with van der Waals surface area (Å²) in [6.07, 6.45) is 0. The first-order valence-corrected chi connectivity index (χ1v) is 11.7. The summed E-state index contributed by atoms with van der Waals surface area (Å²) in [5.74, 6) is -2.50. The molecule has 0 atom stereocenters. The quantitative estimate of drug-likeness (QED) is 0.279. The maximum atomic E-state index is 11.6. The molecule has 2 aromatic carbocycles. The third-order valence-corrected chi connectivity index (χ3v) is 6.07. The number of aromatic nitrogens is 2. The number of nitrogens with zero attached hydrogens (tertiary/aromatic N) is 5. The van der Waals surface area contributed by atoms with Crippen LogP contribution in [0.3, 0.4) is 0 Å². The van der Waals surface area contributed by atoms with Crippen LogP contribution in [-0.4, -0.2) is 51.9 Å². The molecule has 0 spiro atoms. The van der Waals surface area contributed by atoms with Crippen molar-refractivity contribution in [2.75, 3.05) is 0 Å². The zero-order valence-electron chi connectivity index (χ0n) is 16.8. The third-order valence-electron chi connectivity index (χ3n) is 4.32. The Bertz CT molecular complexity index is 1620. The van der Waals surface area contributed by atoms with Crippen LogP contribution in [0.25, 0.3) is 5.69 Å². The van der Waals surface area contributed by atoms with E-state index in [9.17, 15) is 46.2 Å². The molecule has 3 rings (SSSR count). The SMILES string of the molecule is Cc1ccc(S(=O)(=O)O)c(/N=N/c2c(C#N)nn(-c3cc(S(=O)(=O)O)ccc3C(=O)O)c2O)c1. The van der Waals surface area contributed by atoms with Crippen LogP contribution >= 0.6 is 0 Å². The first-order valence-electron chi connectivity index (χ1n) is 8.81. The minimum absolute atomic E-state index is 0.335. The molecule has 0 fully saturated rings. The Kier molecular flexibility index (Phi) is 6.22. The third kappa shape index (κ3) is 4.77. The highest BCUT2D eigenvalue weighted by molar-refractivity contribution is 7.86. The maximum Gasteiger partial charge on any atom is 0.337 e. The van der Waals surface area contributed by atoms with Gasteiger partial charge in [0.25, 0.3) is 20.2 Å². The van der Waals surface area contributed by atoms with E-state index < -0.39 is 64.5 Å². The minimum atomic E-state index is -4.77. The Morgan fingerprint density at radius 1 is 1.06 bits per heavy atom. The molecule has 14 nitrogen and oxygen atoms in total. The van der Waals surface area contributed by atoms with Gasteiger partial charge < -0.3 is 10.2 Å². The lowest BCUT2D eigenvalue weighted by atomic mass is 10.2. The summed E-state index contributed by atoms with van der Waals surface area (Å²) < 4.78 is 65.2. The van der Waals surface area contributed by atoms with Gasteiger partial charge in [-0.05, 0) is 42.8 Å². The van der Waals surface area contributed by atoms with E-state index in [0.717, 1.165) is 18.2 Å². The lowest BCUT2D eigenvalue weighted by Crippen LogP contribution is -2.09. The van der Waals surface area contributed by atoms with E-state index in [4.69, 9.17) is 0 Å². The highest BCUT2D eigenvalue weighted by atomic mass is 32.2. The summed E-state index contributed by atoms with van der Waals surface area (Å²) in [6, 6.07) is 7.62. The summed E-state index contributed by atoms with van der Waals surface area (Å²) in [5.41, 5.74) is -2.08. The predicted octanol–water partition coefficient (Wildman–Crippen LogP) is 2.37. The van der Waals surface area contributed by atoms with Crippen LogP contribution in [0, 0.1) is 18.3 Å². The van der Waals surface area contributed by atoms with Crippen LogP contribution in [0.5, 0.6) is 5.88 Å². The Balaban J connectivity index is 2.24. The number of azo groups is 1. The fourth-order valence-corrected chi connectivity index (χ4v) is 3.90. The van der Waals surface area contributed by atoms with Crippen LogP contribution in [0.15, 0.2) is 56.4 Å². The van der Waals surface area contributed by atoms with Gasteiger partial charge in [0.1, 0.15) is 16.7 Å². The minimum Gasteiger partial charge on any atom is -0.492 e.